The molecule has 0 aliphatic rings. The van der Waals surface area contributed by atoms with Crippen LogP contribution in [0.5, 0.6) is 5.75 Å². The summed E-state index contributed by atoms with van der Waals surface area (Å²) in [6, 6.07) is 25.8. The average Bonchev–Trinajstić information content (AvgIpc) is 2.85. The number of esters is 1. The number of amides is 2. The van der Waals surface area contributed by atoms with Crippen molar-refractivity contribution in [3.05, 3.63) is 107 Å². The van der Waals surface area contributed by atoms with Gasteiger partial charge in [-0.3, -0.25) is 9.59 Å². The van der Waals surface area contributed by atoms with Crippen molar-refractivity contribution in [1.82, 2.24) is 5.43 Å². The first kappa shape index (κ1) is 22.7. The first-order valence-electron chi connectivity index (χ1n) is 10.2. The summed E-state index contributed by atoms with van der Waals surface area (Å²) in [6.45, 7) is 0. The van der Waals surface area contributed by atoms with Gasteiger partial charge in [-0.05, 0) is 65.5 Å². The number of halogens is 1. The van der Waals surface area contributed by atoms with Crippen LogP contribution >= 0.6 is 11.6 Å². The summed E-state index contributed by atoms with van der Waals surface area (Å²) in [5.41, 5.74) is 3.73. The molecule has 0 bridgehead atoms. The highest BCUT2D eigenvalue weighted by Crippen LogP contribution is 2.22. The summed E-state index contributed by atoms with van der Waals surface area (Å²) in [4.78, 5) is 36.5. The molecule has 0 aliphatic carbocycles. The Bertz CT molecular complexity index is 1380. The van der Waals surface area contributed by atoms with E-state index in [-0.39, 0.29) is 0 Å². The number of hydrazone groups is 1. The van der Waals surface area contributed by atoms with Crippen molar-refractivity contribution >= 4 is 52.1 Å². The van der Waals surface area contributed by atoms with Crippen LogP contribution in [0, 0.1) is 0 Å². The molecule has 34 heavy (non-hydrogen) atoms. The molecule has 0 radical (unpaired) electrons. The molecule has 0 aromatic heterocycles. The third-order valence-corrected chi connectivity index (χ3v) is 5.05. The second-order valence-electron chi connectivity index (χ2n) is 7.15. The van der Waals surface area contributed by atoms with Crippen LogP contribution in [0.2, 0.25) is 5.02 Å². The van der Waals surface area contributed by atoms with E-state index in [1.165, 1.54) is 6.21 Å². The molecule has 0 spiro atoms. The van der Waals surface area contributed by atoms with Gasteiger partial charge in [-0.2, -0.15) is 5.10 Å². The van der Waals surface area contributed by atoms with Crippen molar-refractivity contribution in [3.8, 4) is 5.75 Å². The van der Waals surface area contributed by atoms with Crippen molar-refractivity contribution in [2.45, 2.75) is 0 Å². The molecule has 168 valence electrons. The molecule has 0 heterocycles. The smallest absolute Gasteiger partial charge is 0.343 e. The van der Waals surface area contributed by atoms with Crippen molar-refractivity contribution in [2.24, 2.45) is 5.10 Å². The Morgan fingerprint density at radius 2 is 1.50 bits per heavy atom. The zero-order chi connectivity index (χ0) is 23.9. The van der Waals surface area contributed by atoms with Gasteiger partial charge in [0, 0.05) is 16.1 Å². The van der Waals surface area contributed by atoms with E-state index in [0.717, 1.165) is 10.8 Å². The number of benzene rings is 4. The first-order chi connectivity index (χ1) is 16.5. The van der Waals surface area contributed by atoms with E-state index >= 15 is 0 Å². The van der Waals surface area contributed by atoms with Crippen LogP contribution in [0.1, 0.15) is 15.9 Å². The van der Waals surface area contributed by atoms with Crippen molar-refractivity contribution in [2.75, 3.05) is 5.32 Å². The standard InChI is InChI=1S/C26H18ClN3O4/c27-20-12-10-19(11-13-20)26(33)34-21-14-8-17(9-15-21)16-28-30-25(32)24(31)29-23-7-3-5-18-4-1-2-6-22(18)23/h1-16H,(H,29,31)(H,30,32)/b28-16-. The number of nitrogens with one attached hydrogen (secondary N) is 2. The molecule has 0 fully saturated rings. The maximum absolute atomic E-state index is 12.2. The molecule has 8 heteroatoms. The van der Waals surface area contributed by atoms with Gasteiger partial charge in [0.15, 0.2) is 0 Å². The number of rotatable bonds is 5. The monoisotopic (exact) mass is 471 g/mol. The fourth-order valence-corrected chi connectivity index (χ4v) is 3.23. The Morgan fingerprint density at radius 3 is 2.26 bits per heavy atom. The lowest BCUT2D eigenvalue weighted by atomic mass is 10.1. The van der Waals surface area contributed by atoms with Gasteiger partial charge < -0.3 is 10.1 Å². The molecular weight excluding hydrogens is 454 g/mol. The molecule has 4 rings (SSSR count). The minimum absolute atomic E-state index is 0.343. The maximum atomic E-state index is 12.2. The Morgan fingerprint density at radius 1 is 0.794 bits per heavy atom. The average molecular weight is 472 g/mol. The molecule has 0 aliphatic heterocycles. The SMILES string of the molecule is O=C(N/N=C\c1ccc(OC(=O)c2ccc(Cl)cc2)cc1)C(=O)Nc1cccc2ccccc12. The minimum atomic E-state index is -0.905. The van der Waals surface area contributed by atoms with Gasteiger partial charge in [0.25, 0.3) is 0 Å². The van der Waals surface area contributed by atoms with Gasteiger partial charge in [-0.25, -0.2) is 10.2 Å². The minimum Gasteiger partial charge on any atom is -0.423 e. The number of carbonyl (C=O) groups is 3. The van der Waals surface area contributed by atoms with E-state index in [1.54, 1.807) is 60.7 Å². The predicted molar refractivity (Wildman–Crippen MR) is 131 cm³/mol. The lowest BCUT2D eigenvalue weighted by Gasteiger charge is -2.07. The van der Waals surface area contributed by atoms with Crippen LogP contribution in [0.25, 0.3) is 10.8 Å². The summed E-state index contributed by atoms with van der Waals surface area (Å²) in [5.74, 6) is -1.91. The van der Waals surface area contributed by atoms with Crippen LogP contribution in [0.15, 0.2) is 96.1 Å². The number of carbonyl (C=O) groups excluding carboxylic acids is 3. The predicted octanol–water partition coefficient (Wildman–Crippen LogP) is 4.80. The number of anilines is 1. The Hall–Kier alpha value is -4.49. The summed E-state index contributed by atoms with van der Waals surface area (Å²) >= 11 is 5.82. The molecule has 0 saturated carbocycles. The molecule has 7 nitrogen and oxygen atoms in total. The summed E-state index contributed by atoms with van der Waals surface area (Å²) < 4.78 is 5.31. The third-order valence-electron chi connectivity index (χ3n) is 4.79. The number of hydrogen-bond donors (Lipinski definition) is 2. The van der Waals surface area contributed by atoms with Crippen molar-refractivity contribution in [1.29, 1.82) is 0 Å². The zero-order valence-corrected chi connectivity index (χ0v) is 18.5. The van der Waals surface area contributed by atoms with Gasteiger partial charge in [-0.15, -0.1) is 0 Å². The van der Waals surface area contributed by atoms with Crippen molar-refractivity contribution in [3.63, 3.8) is 0 Å². The Labute approximate surface area is 200 Å². The van der Waals surface area contributed by atoms with Gasteiger partial charge in [0.1, 0.15) is 5.75 Å². The number of hydrogen-bond acceptors (Lipinski definition) is 5. The van der Waals surface area contributed by atoms with E-state index in [1.807, 2.05) is 30.3 Å². The third kappa shape index (κ3) is 5.65. The highest BCUT2D eigenvalue weighted by molar-refractivity contribution is 6.40. The molecular formula is C26H18ClN3O4. The number of nitrogens with zero attached hydrogens (tertiary/aromatic N) is 1. The quantitative estimate of drug-likeness (QED) is 0.144. The van der Waals surface area contributed by atoms with E-state index in [2.05, 4.69) is 15.8 Å². The molecule has 4 aromatic rings. The molecule has 0 unspecified atom stereocenters. The first-order valence-corrected chi connectivity index (χ1v) is 10.6. The molecule has 2 amide bonds. The van der Waals surface area contributed by atoms with Gasteiger partial charge in [0.05, 0.1) is 11.8 Å². The van der Waals surface area contributed by atoms with Crippen LogP contribution < -0.4 is 15.5 Å². The molecule has 2 N–H and O–H groups in total. The second-order valence-corrected chi connectivity index (χ2v) is 7.58. The Kier molecular flexibility index (Phi) is 6.95. The van der Waals surface area contributed by atoms with Crippen molar-refractivity contribution < 1.29 is 19.1 Å². The topological polar surface area (TPSA) is 96.9 Å². The van der Waals surface area contributed by atoms with Gasteiger partial charge in [0.2, 0.25) is 0 Å². The van der Waals surface area contributed by atoms with Gasteiger partial charge in [-0.1, -0.05) is 48.0 Å². The highest BCUT2D eigenvalue weighted by atomic mass is 35.5. The van der Waals surface area contributed by atoms with Crippen LogP contribution in [-0.2, 0) is 9.59 Å². The largest absolute Gasteiger partial charge is 0.423 e. The fraction of sp³-hybridized carbons (Fsp3) is 0. The molecule has 0 saturated heterocycles. The molecule has 0 atom stereocenters. The van der Waals surface area contributed by atoms with Gasteiger partial charge >= 0.3 is 17.8 Å². The summed E-state index contributed by atoms with van der Waals surface area (Å²) in [5, 5.41) is 8.70. The van der Waals surface area contributed by atoms with E-state index in [0.29, 0.717) is 27.6 Å². The van der Waals surface area contributed by atoms with Crippen LogP contribution in [-0.4, -0.2) is 24.0 Å². The van der Waals surface area contributed by atoms with E-state index in [9.17, 15) is 14.4 Å². The number of fused-ring (bicyclic) bond motifs is 1. The summed E-state index contributed by atoms with van der Waals surface area (Å²) in [7, 11) is 0. The summed E-state index contributed by atoms with van der Waals surface area (Å²) in [6.07, 6.45) is 1.37. The molecule has 4 aromatic carbocycles. The van der Waals surface area contributed by atoms with E-state index < -0.39 is 17.8 Å². The van der Waals surface area contributed by atoms with Crippen LogP contribution in [0.3, 0.4) is 0 Å². The fourth-order valence-electron chi connectivity index (χ4n) is 3.10. The lowest BCUT2D eigenvalue weighted by Crippen LogP contribution is -2.32. The Balaban J connectivity index is 1.31. The highest BCUT2D eigenvalue weighted by Gasteiger charge is 2.14. The van der Waals surface area contributed by atoms with Crippen LogP contribution in [0.4, 0.5) is 5.69 Å². The lowest BCUT2D eigenvalue weighted by molar-refractivity contribution is -0.136. The normalized spacial score (nSPS) is 10.7. The second kappa shape index (κ2) is 10.4. The maximum Gasteiger partial charge on any atom is 0.343 e. The zero-order valence-electron chi connectivity index (χ0n) is 17.7. The number of ether oxygens (including phenoxy) is 1. The van der Waals surface area contributed by atoms with E-state index in [4.69, 9.17) is 16.3 Å².